The molecule has 1 unspecified atom stereocenters. The predicted molar refractivity (Wildman–Crippen MR) is 91.6 cm³/mol. The van der Waals surface area contributed by atoms with Crippen LogP contribution >= 0.6 is 0 Å². The molecule has 1 aromatic heterocycles. The molecule has 0 aliphatic rings. The second kappa shape index (κ2) is 7.04. The zero-order valence-electron chi connectivity index (χ0n) is 13.7. The number of aromatic nitrogens is 4. The van der Waals surface area contributed by atoms with Gasteiger partial charge in [-0.2, -0.15) is 5.21 Å². The van der Waals surface area contributed by atoms with E-state index >= 15 is 0 Å². The molecule has 0 saturated heterocycles. The van der Waals surface area contributed by atoms with E-state index in [1.165, 1.54) is 0 Å². The fourth-order valence-corrected chi connectivity index (χ4v) is 2.56. The van der Waals surface area contributed by atoms with Gasteiger partial charge in [0.1, 0.15) is 5.92 Å². The third-order valence-electron chi connectivity index (χ3n) is 3.92. The summed E-state index contributed by atoms with van der Waals surface area (Å²) < 4.78 is 0. The Morgan fingerprint density at radius 1 is 1.17 bits per heavy atom. The minimum atomic E-state index is -0.508. The molecule has 3 rings (SSSR count). The number of nitrogens with one attached hydrogen (secondary N) is 2. The maximum absolute atomic E-state index is 12.8. The van der Waals surface area contributed by atoms with E-state index in [1.54, 1.807) is 0 Å². The second-order valence-electron chi connectivity index (χ2n) is 5.82. The Balaban J connectivity index is 1.85. The molecule has 0 aliphatic heterocycles. The van der Waals surface area contributed by atoms with Gasteiger partial charge in [0.05, 0.1) is 0 Å². The van der Waals surface area contributed by atoms with Gasteiger partial charge in [0, 0.05) is 5.69 Å². The van der Waals surface area contributed by atoms with Gasteiger partial charge >= 0.3 is 0 Å². The van der Waals surface area contributed by atoms with Crippen molar-refractivity contribution in [1.29, 1.82) is 0 Å². The van der Waals surface area contributed by atoms with Crippen LogP contribution in [0.1, 0.15) is 28.4 Å². The Hall–Kier alpha value is -3.02. The van der Waals surface area contributed by atoms with Gasteiger partial charge in [0.25, 0.3) is 0 Å². The molecule has 1 heterocycles. The number of H-pyrrole nitrogens is 1. The van der Waals surface area contributed by atoms with Crippen LogP contribution in [-0.2, 0) is 11.2 Å². The Labute approximate surface area is 140 Å². The first kappa shape index (κ1) is 15.9. The maximum Gasteiger partial charge on any atom is 0.235 e. The molecule has 0 radical (unpaired) electrons. The first-order valence-electron chi connectivity index (χ1n) is 7.79. The van der Waals surface area contributed by atoms with E-state index < -0.39 is 5.92 Å². The molecule has 6 nitrogen and oxygen atoms in total. The Kier molecular flexibility index (Phi) is 4.65. The highest BCUT2D eigenvalue weighted by molar-refractivity contribution is 5.96. The SMILES string of the molecule is Cc1ccc(C)c(NC(=O)C(Cc2ccccc2)c2nn[nH]n2)c1. The normalized spacial score (nSPS) is 11.9. The molecule has 3 aromatic rings. The Morgan fingerprint density at radius 3 is 2.67 bits per heavy atom. The monoisotopic (exact) mass is 321 g/mol. The van der Waals surface area contributed by atoms with Crippen LogP contribution in [0.15, 0.2) is 48.5 Å². The van der Waals surface area contributed by atoms with Crippen molar-refractivity contribution in [1.82, 2.24) is 20.6 Å². The standard InChI is InChI=1S/C18H19N5O/c1-12-8-9-13(2)16(10-12)19-18(24)15(17-20-22-23-21-17)11-14-6-4-3-5-7-14/h3-10,15H,11H2,1-2H3,(H,19,24)(H,20,21,22,23). The van der Waals surface area contributed by atoms with E-state index in [0.717, 1.165) is 22.4 Å². The minimum absolute atomic E-state index is 0.144. The highest BCUT2D eigenvalue weighted by Crippen LogP contribution is 2.22. The van der Waals surface area contributed by atoms with Gasteiger partial charge in [-0.1, -0.05) is 47.7 Å². The smallest absolute Gasteiger partial charge is 0.235 e. The lowest BCUT2D eigenvalue weighted by molar-refractivity contribution is -0.117. The lowest BCUT2D eigenvalue weighted by Gasteiger charge is -2.15. The number of hydrogen-bond acceptors (Lipinski definition) is 4. The summed E-state index contributed by atoms with van der Waals surface area (Å²) >= 11 is 0. The minimum Gasteiger partial charge on any atom is -0.325 e. The molecule has 6 heteroatoms. The summed E-state index contributed by atoms with van der Waals surface area (Å²) in [5, 5.41) is 17.0. The number of anilines is 1. The third kappa shape index (κ3) is 3.65. The van der Waals surface area contributed by atoms with Gasteiger partial charge in [-0.25, -0.2) is 0 Å². The largest absolute Gasteiger partial charge is 0.325 e. The number of amides is 1. The number of benzene rings is 2. The molecule has 0 bridgehead atoms. The highest BCUT2D eigenvalue weighted by atomic mass is 16.1. The van der Waals surface area contributed by atoms with Crippen LogP contribution in [0.25, 0.3) is 0 Å². The number of carbonyl (C=O) groups excluding carboxylic acids is 1. The summed E-state index contributed by atoms with van der Waals surface area (Å²) in [6.45, 7) is 3.96. The lowest BCUT2D eigenvalue weighted by atomic mass is 9.97. The van der Waals surface area contributed by atoms with Gasteiger partial charge in [-0.3, -0.25) is 4.79 Å². The number of carbonyl (C=O) groups is 1. The average molecular weight is 321 g/mol. The highest BCUT2D eigenvalue weighted by Gasteiger charge is 2.25. The number of aryl methyl sites for hydroxylation is 2. The number of aromatic amines is 1. The van der Waals surface area contributed by atoms with Crippen molar-refractivity contribution in [2.24, 2.45) is 0 Å². The molecule has 0 fully saturated rings. The van der Waals surface area contributed by atoms with Crippen LogP contribution < -0.4 is 5.32 Å². The van der Waals surface area contributed by atoms with E-state index in [4.69, 9.17) is 0 Å². The predicted octanol–water partition coefficient (Wildman–Crippen LogP) is 2.78. The topological polar surface area (TPSA) is 83.6 Å². The van der Waals surface area contributed by atoms with Crippen molar-refractivity contribution < 1.29 is 4.79 Å². The van der Waals surface area contributed by atoms with Crippen LogP contribution in [0, 0.1) is 13.8 Å². The maximum atomic E-state index is 12.8. The van der Waals surface area contributed by atoms with Crippen molar-refractivity contribution in [3.8, 4) is 0 Å². The van der Waals surface area contributed by atoms with Crippen molar-refractivity contribution in [2.75, 3.05) is 5.32 Å². The molecule has 1 atom stereocenters. The molecular weight excluding hydrogens is 302 g/mol. The molecule has 122 valence electrons. The Bertz CT molecular complexity index is 815. The van der Waals surface area contributed by atoms with E-state index in [1.807, 2.05) is 62.4 Å². The molecule has 0 spiro atoms. The summed E-state index contributed by atoms with van der Waals surface area (Å²) in [7, 11) is 0. The fourth-order valence-electron chi connectivity index (χ4n) is 2.56. The van der Waals surface area contributed by atoms with Crippen LogP contribution in [0.3, 0.4) is 0 Å². The molecule has 2 N–H and O–H groups in total. The van der Waals surface area contributed by atoms with E-state index in [9.17, 15) is 4.79 Å². The van der Waals surface area contributed by atoms with Crippen molar-refractivity contribution in [3.05, 3.63) is 71.0 Å². The van der Waals surface area contributed by atoms with Crippen LogP contribution in [0.5, 0.6) is 0 Å². The van der Waals surface area contributed by atoms with Crippen LogP contribution in [0.2, 0.25) is 0 Å². The van der Waals surface area contributed by atoms with Crippen LogP contribution in [-0.4, -0.2) is 26.5 Å². The third-order valence-corrected chi connectivity index (χ3v) is 3.92. The molecule has 2 aromatic carbocycles. The van der Waals surface area contributed by atoms with Gasteiger partial charge in [-0.15, -0.1) is 10.2 Å². The van der Waals surface area contributed by atoms with Gasteiger partial charge in [0.2, 0.25) is 5.91 Å². The second-order valence-corrected chi connectivity index (χ2v) is 5.82. The average Bonchev–Trinajstić information content (AvgIpc) is 3.11. The lowest BCUT2D eigenvalue weighted by Crippen LogP contribution is -2.24. The number of nitrogens with zero attached hydrogens (tertiary/aromatic N) is 3. The van der Waals surface area contributed by atoms with E-state index in [0.29, 0.717) is 12.2 Å². The van der Waals surface area contributed by atoms with Gasteiger partial charge < -0.3 is 5.32 Å². The summed E-state index contributed by atoms with van der Waals surface area (Å²) in [4.78, 5) is 12.8. The summed E-state index contributed by atoms with van der Waals surface area (Å²) in [5.41, 5.74) is 3.96. The molecule has 0 saturated carbocycles. The quantitative estimate of drug-likeness (QED) is 0.757. The van der Waals surface area contributed by atoms with Crippen molar-refractivity contribution in [3.63, 3.8) is 0 Å². The summed E-state index contributed by atoms with van der Waals surface area (Å²) in [6.07, 6.45) is 0.511. The Morgan fingerprint density at radius 2 is 1.96 bits per heavy atom. The van der Waals surface area contributed by atoms with Crippen LogP contribution in [0.4, 0.5) is 5.69 Å². The van der Waals surface area contributed by atoms with E-state index in [-0.39, 0.29) is 5.91 Å². The van der Waals surface area contributed by atoms with Crippen molar-refractivity contribution >= 4 is 11.6 Å². The first-order chi connectivity index (χ1) is 11.6. The zero-order chi connectivity index (χ0) is 16.9. The van der Waals surface area contributed by atoms with E-state index in [2.05, 4.69) is 25.9 Å². The van der Waals surface area contributed by atoms with Gasteiger partial charge in [-0.05, 0) is 43.0 Å². The molecule has 0 aliphatic carbocycles. The van der Waals surface area contributed by atoms with Crippen molar-refractivity contribution in [2.45, 2.75) is 26.2 Å². The molecular formula is C18H19N5O. The number of rotatable bonds is 5. The summed E-state index contributed by atoms with van der Waals surface area (Å²) in [5.74, 6) is -0.262. The fraction of sp³-hybridized carbons (Fsp3) is 0.222. The van der Waals surface area contributed by atoms with Gasteiger partial charge in [0.15, 0.2) is 5.82 Å². The molecule has 1 amide bonds. The zero-order valence-corrected chi connectivity index (χ0v) is 13.7. The summed E-state index contributed by atoms with van der Waals surface area (Å²) in [6, 6.07) is 15.8. The first-order valence-corrected chi connectivity index (χ1v) is 7.79. The number of hydrogen-bond donors (Lipinski definition) is 2. The number of tetrazole rings is 1. The molecule has 24 heavy (non-hydrogen) atoms.